The van der Waals surface area contributed by atoms with Crippen molar-refractivity contribution in [1.29, 1.82) is 0 Å². The molecule has 0 radical (unpaired) electrons. The molecule has 284 valence electrons. The number of aryl methyl sites for hydroxylation is 1. The van der Waals surface area contributed by atoms with E-state index >= 15 is 4.39 Å². The number of aromatic nitrogens is 2. The summed E-state index contributed by atoms with van der Waals surface area (Å²) in [5.74, 6) is -3.67. The Hall–Kier alpha value is -5.49. The second-order valence-corrected chi connectivity index (χ2v) is 16.2. The molecule has 1 unspecified atom stereocenters. The molecule has 8 rings (SSSR count). The molecule has 0 saturated carbocycles. The molecule has 16 nitrogen and oxygen atoms in total. The van der Waals surface area contributed by atoms with E-state index in [1.807, 2.05) is 12.1 Å². The minimum Gasteiger partial charge on any atom is -0.506 e. The van der Waals surface area contributed by atoms with Gasteiger partial charge in [-0.15, -0.1) is 0 Å². The van der Waals surface area contributed by atoms with E-state index in [0.717, 1.165) is 11.3 Å². The second kappa shape index (κ2) is 12.8. The molecule has 4 N–H and O–H groups in total. The summed E-state index contributed by atoms with van der Waals surface area (Å²) < 4.78 is 45.8. The molecule has 3 aromatic carbocycles. The number of nitrogens with one attached hydrogen (secondary N) is 2. The third-order valence-electron chi connectivity index (χ3n) is 11.3. The quantitative estimate of drug-likeness (QED) is 0.207. The number of carbonyl (C=O) groups is 4. The number of fused-ring (bicyclic) bond motifs is 2. The fraction of sp³-hybridized carbons (Fsp3) is 0.417. The molecule has 1 aromatic heterocycles. The Bertz CT molecular complexity index is 2460. The highest BCUT2D eigenvalue weighted by Crippen LogP contribution is 2.40. The number of nitrogens with zero attached hydrogens (tertiary/aromatic N) is 5. The Morgan fingerprint density at radius 1 is 0.981 bits per heavy atom. The minimum absolute atomic E-state index is 0.0638. The fourth-order valence-corrected chi connectivity index (χ4v) is 9.43. The van der Waals surface area contributed by atoms with E-state index in [0.29, 0.717) is 66.2 Å². The van der Waals surface area contributed by atoms with Gasteiger partial charge in [-0.25, -0.2) is 18.2 Å². The maximum absolute atomic E-state index is 15.8. The number of amides is 4. The van der Waals surface area contributed by atoms with Crippen LogP contribution in [0.25, 0.3) is 21.8 Å². The van der Waals surface area contributed by atoms with Crippen LogP contribution < -0.4 is 24.9 Å². The predicted octanol–water partition coefficient (Wildman–Crippen LogP) is 1.23. The molecule has 4 aliphatic rings. The number of likely N-dealkylation sites (tertiary alicyclic amines) is 1. The lowest BCUT2D eigenvalue weighted by Crippen LogP contribution is -2.47. The van der Waals surface area contributed by atoms with Crippen molar-refractivity contribution in [3.05, 3.63) is 64.3 Å². The Kier molecular flexibility index (Phi) is 8.44. The summed E-state index contributed by atoms with van der Waals surface area (Å²) >= 11 is 0. The van der Waals surface area contributed by atoms with Crippen LogP contribution in [0.5, 0.6) is 5.75 Å². The van der Waals surface area contributed by atoms with E-state index in [-0.39, 0.29) is 48.1 Å². The van der Waals surface area contributed by atoms with Gasteiger partial charge < -0.3 is 20.0 Å². The Labute approximate surface area is 307 Å². The third kappa shape index (κ3) is 6.02. The van der Waals surface area contributed by atoms with Gasteiger partial charge in [-0.05, 0) is 67.0 Å². The normalized spacial score (nSPS) is 22.6. The third-order valence-corrected chi connectivity index (χ3v) is 12.7. The lowest BCUT2D eigenvalue weighted by molar-refractivity contribution is -0.137. The van der Waals surface area contributed by atoms with Crippen LogP contribution in [-0.4, -0.2) is 94.6 Å². The lowest BCUT2D eigenvalue weighted by atomic mass is 9.87. The zero-order chi connectivity index (χ0) is 38.3. The molecule has 5 heterocycles. The number of anilines is 2. The molecule has 4 aromatic rings. The van der Waals surface area contributed by atoms with Crippen LogP contribution in [0.4, 0.5) is 15.8 Å². The van der Waals surface area contributed by atoms with Crippen molar-refractivity contribution in [2.75, 3.05) is 41.9 Å². The number of imidazole rings is 1. The largest absolute Gasteiger partial charge is 0.506 e. The predicted molar refractivity (Wildman–Crippen MR) is 194 cm³/mol. The van der Waals surface area contributed by atoms with Gasteiger partial charge in [-0.1, -0.05) is 12.1 Å². The molecular weight excluding hydrogens is 726 g/mol. The molecule has 4 saturated heterocycles. The topological polar surface area (TPSA) is 204 Å². The monoisotopic (exact) mass is 763 g/mol. The van der Waals surface area contributed by atoms with Gasteiger partial charge in [0.05, 0.1) is 23.1 Å². The highest BCUT2D eigenvalue weighted by atomic mass is 32.2. The van der Waals surface area contributed by atoms with Gasteiger partial charge in [0.25, 0.3) is 5.91 Å². The first-order chi connectivity index (χ1) is 25.6. The van der Waals surface area contributed by atoms with E-state index < -0.39 is 57.5 Å². The number of hydrogen-bond acceptors (Lipinski definition) is 10. The van der Waals surface area contributed by atoms with E-state index in [2.05, 4.69) is 10.2 Å². The summed E-state index contributed by atoms with van der Waals surface area (Å²) in [6.07, 6.45) is 1.57. The van der Waals surface area contributed by atoms with Crippen molar-refractivity contribution in [1.82, 2.24) is 24.1 Å². The maximum atomic E-state index is 15.8. The maximum Gasteiger partial charge on any atom is 0.329 e. The van der Waals surface area contributed by atoms with Crippen LogP contribution in [-0.2, 0) is 36.4 Å². The van der Waals surface area contributed by atoms with Crippen molar-refractivity contribution in [2.45, 2.75) is 56.1 Å². The van der Waals surface area contributed by atoms with Gasteiger partial charge in [0.2, 0.25) is 17.7 Å². The van der Waals surface area contributed by atoms with E-state index in [1.54, 1.807) is 40.9 Å². The highest BCUT2D eigenvalue weighted by molar-refractivity contribution is 7.92. The van der Waals surface area contributed by atoms with Gasteiger partial charge in [0, 0.05) is 56.6 Å². The molecule has 0 bridgehead atoms. The summed E-state index contributed by atoms with van der Waals surface area (Å²) in [7, 11) is -2.73. The number of hydrogen-bond donors (Lipinski definition) is 4. The first kappa shape index (κ1) is 35.5. The number of benzene rings is 3. The van der Waals surface area contributed by atoms with E-state index in [9.17, 15) is 42.6 Å². The number of carbonyl (C=O) groups excluding carboxylic acids is 4. The lowest BCUT2D eigenvalue weighted by Gasteiger charge is -2.39. The Balaban J connectivity index is 0.922. The number of phenols is 1. The summed E-state index contributed by atoms with van der Waals surface area (Å²) in [5.41, 5.74) is 0.555. The van der Waals surface area contributed by atoms with Crippen molar-refractivity contribution in [2.24, 2.45) is 7.05 Å². The number of rotatable bonds is 6. The number of aliphatic hydroxyl groups is 1. The SMILES string of the molecule is Cn1c(=O)n(C2CCC(=O)NC2=O)c2ccc(N3CCC(O)(CC(=O)N4CC[C@H](c5ccc6cc(O)c(N7CC(=O)NS7(=O)=O)c(F)c6c5)C4)CC3)cc21. The van der Waals surface area contributed by atoms with Crippen LogP contribution in [0.3, 0.4) is 0 Å². The Morgan fingerprint density at radius 3 is 2.44 bits per heavy atom. The average molecular weight is 764 g/mol. The van der Waals surface area contributed by atoms with Crippen molar-refractivity contribution in [3.63, 3.8) is 0 Å². The van der Waals surface area contributed by atoms with Crippen LogP contribution in [0, 0.1) is 5.82 Å². The van der Waals surface area contributed by atoms with E-state index in [1.165, 1.54) is 15.2 Å². The van der Waals surface area contributed by atoms with Crippen molar-refractivity contribution >= 4 is 67.0 Å². The standard InChI is InChI=1S/C36H38FN7O9S/c1-40-27-16-23(4-5-25(27)44(35(40)50)26-6-7-29(46)38-34(26)49)41-12-9-36(51,10-13-41)17-31(48)42-11-8-22(18-42)20-2-3-21-15-28(45)33(32(37)24(21)14-20)43-19-30(47)39-54(43,52)53/h2-5,14-16,22,26,45,51H,6-13,17-19H2,1H3,(H,39,47)(H,38,46,49)/t22-,26?/m0/s1. The summed E-state index contributed by atoms with van der Waals surface area (Å²) in [4.78, 5) is 66.5. The molecule has 4 amide bonds. The number of aromatic hydroxyl groups is 1. The Morgan fingerprint density at radius 2 is 1.74 bits per heavy atom. The fourth-order valence-electron chi connectivity index (χ4n) is 8.27. The molecule has 2 atom stereocenters. The second-order valence-electron chi connectivity index (χ2n) is 14.6. The summed E-state index contributed by atoms with van der Waals surface area (Å²) in [6, 6.07) is 10.9. The van der Waals surface area contributed by atoms with Gasteiger partial charge in [0.15, 0.2) is 5.82 Å². The van der Waals surface area contributed by atoms with E-state index in [4.69, 9.17) is 0 Å². The number of phenolic OH excluding ortho intramolecular Hbond substituents is 1. The number of piperidine rings is 2. The van der Waals surface area contributed by atoms with Crippen LogP contribution in [0.15, 0.2) is 47.3 Å². The molecule has 4 fully saturated rings. The molecular formula is C36H38FN7O9S. The van der Waals surface area contributed by atoms with Gasteiger partial charge >= 0.3 is 15.9 Å². The van der Waals surface area contributed by atoms with Crippen LogP contribution in [0.1, 0.15) is 56.0 Å². The number of halogens is 1. The first-order valence-electron chi connectivity index (χ1n) is 17.7. The zero-order valence-electron chi connectivity index (χ0n) is 29.2. The first-order valence-corrected chi connectivity index (χ1v) is 19.1. The molecule has 4 aliphatic heterocycles. The average Bonchev–Trinajstić information content (AvgIpc) is 3.79. The van der Waals surface area contributed by atoms with Gasteiger partial charge in [-0.2, -0.15) is 8.42 Å². The highest BCUT2D eigenvalue weighted by Gasteiger charge is 2.40. The van der Waals surface area contributed by atoms with Crippen molar-refractivity contribution in [3.8, 4) is 5.75 Å². The van der Waals surface area contributed by atoms with Gasteiger partial charge in [0.1, 0.15) is 24.0 Å². The van der Waals surface area contributed by atoms with Crippen LogP contribution in [0.2, 0.25) is 0 Å². The van der Waals surface area contributed by atoms with Gasteiger partial charge in [-0.3, -0.25) is 33.6 Å². The molecule has 18 heteroatoms. The van der Waals surface area contributed by atoms with Crippen LogP contribution >= 0.6 is 0 Å². The smallest absolute Gasteiger partial charge is 0.329 e. The molecule has 0 spiro atoms. The minimum atomic E-state index is -4.36. The summed E-state index contributed by atoms with van der Waals surface area (Å²) in [6.45, 7) is 1.04. The van der Waals surface area contributed by atoms with Crippen molar-refractivity contribution < 1.29 is 42.2 Å². The zero-order valence-corrected chi connectivity index (χ0v) is 30.1. The molecule has 0 aliphatic carbocycles. The summed E-state index contributed by atoms with van der Waals surface area (Å²) in [5, 5.41) is 24.7. The molecule has 54 heavy (non-hydrogen) atoms. The number of imide groups is 1.